The van der Waals surface area contributed by atoms with E-state index in [4.69, 9.17) is 16.0 Å². The van der Waals surface area contributed by atoms with E-state index >= 15 is 0 Å². The molecule has 0 atom stereocenters. The van der Waals surface area contributed by atoms with E-state index in [2.05, 4.69) is 15.9 Å². The Morgan fingerprint density at radius 2 is 2.05 bits per heavy atom. The van der Waals surface area contributed by atoms with Crippen molar-refractivity contribution >= 4 is 45.4 Å². The third-order valence-corrected chi connectivity index (χ3v) is 4.16. The molecule has 0 aliphatic rings. The van der Waals surface area contributed by atoms with Gasteiger partial charge in [0.2, 0.25) is 6.20 Å². The van der Waals surface area contributed by atoms with Crippen molar-refractivity contribution in [2.24, 2.45) is 0 Å². The van der Waals surface area contributed by atoms with Crippen LogP contribution in [-0.4, -0.2) is 4.92 Å². The molecule has 0 radical (unpaired) electrons. The fraction of sp³-hybridized carbons (Fsp3) is 0. The van der Waals surface area contributed by atoms with Gasteiger partial charge in [-0.05, 0) is 46.3 Å². The summed E-state index contributed by atoms with van der Waals surface area (Å²) in [6.45, 7) is 0. The number of benzene rings is 1. The van der Waals surface area contributed by atoms with Gasteiger partial charge in [0.1, 0.15) is 5.76 Å². The average molecular weight is 361 g/mol. The summed E-state index contributed by atoms with van der Waals surface area (Å²) in [6.07, 6.45) is 2.14. The van der Waals surface area contributed by atoms with Crippen LogP contribution in [0.25, 0.3) is 6.08 Å². The Labute approximate surface area is 126 Å². The number of rotatable bonds is 4. The van der Waals surface area contributed by atoms with Crippen LogP contribution < -0.4 is 0 Å². The number of furan rings is 1. The highest BCUT2D eigenvalue weighted by molar-refractivity contribution is 9.10. The summed E-state index contributed by atoms with van der Waals surface area (Å²) in [6, 6.07) is 8.99. The molecule has 0 aliphatic carbocycles. The second-order valence-corrected chi connectivity index (χ2v) is 5.78. The highest BCUT2D eigenvalue weighted by atomic mass is 79.9. The van der Waals surface area contributed by atoms with Gasteiger partial charge in [0.25, 0.3) is 0 Å². The van der Waals surface area contributed by atoms with Gasteiger partial charge in [0, 0.05) is 9.92 Å². The molecule has 0 amide bonds. The Hall–Kier alpha value is -1.24. The van der Waals surface area contributed by atoms with Crippen molar-refractivity contribution in [3.63, 3.8) is 0 Å². The SMILES string of the molecule is O=[N+]([O-])C=Cc1cc(Br)c(Sc2ccc(Cl)cc2)o1. The minimum atomic E-state index is -0.539. The summed E-state index contributed by atoms with van der Waals surface area (Å²) < 4.78 is 6.24. The van der Waals surface area contributed by atoms with E-state index in [9.17, 15) is 10.1 Å². The van der Waals surface area contributed by atoms with Gasteiger partial charge in [-0.3, -0.25) is 10.1 Å². The molecule has 0 fully saturated rings. The lowest BCUT2D eigenvalue weighted by Crippen LogP contribution is -1.80. The van der Waals surface area contributed by atoms with Crippen LogP contribution in [-0.2, 0) is 0 Å². The molecular weight excluding hydrogens is 354 g/mol. The molecule has 0 saturated heterocycles. The van der Waals surface area contributed by atoms with Crippen molar-refractivity contribution in [1.29, 1.82) is 0 Å². The molecule has 0 spiro atoms. The van der Waals surface area contributed by atoms with E-state index in [1.54, 1.807) is 18.2 Å². The van der Waals surface area contributed by atoms with Gasteiger partial charge >= 0.3 is 0 Å². The quantitative estimate of drug-likeness (QED) is 0.562. The van der Waals surface area contributed by atoms with Crippen LogP contribution in [0, 0.1) is 10.1 Å². The first kappa shape index (κ1) is 14.2. The second-order valence-electron chi connectivity index (χ2n) is 3.44. The molecule has 1 aromatic carbocycles. The zero-order valence-electron chi connectivity index (χ0n) is 9.38. The third-order valence-electron chi connectivity index (χ3n) is 2.06. The fourth-order valence-electron chi connectivity index (χ4n) is 1.26. The monoisotopic (exact) mass is 359 g/mol. The summed E-state index contributed by atoms with van der Waals surface area (Å²) >= 11 is 10.6. The standard InChI is InChI=1S/C12H7BrClNO3S/c13-11-7-9(5-6-15(16)17)18-12(11)19-10-3-1-8(14)2-4-10/h1-7H. The number of nitrogens with zero attached hydrogens (tertiary/aromatic N) is 1. The van der Waals surface area contributed by atoms with Gasteiger partial charge in [0.05, 0.1) is 15.5 Å². The van der Waals surface area contributed by atoms with Crippen LogP contribution in [0.1, 0.15) is 5.76 Å². The lowest BCUT2D eigenvalue weighted by molar-refractivity contribution is -0.401. The summed E-state index contributed by atoms with van der Waals surface area (Å²) in [5.41, 5.74) is 0. The largest absolute Gasteiger partial charge is 0.449 e. The van der Waals surface area contributed by atoms with E-state index in [1.807, 2.05) is 12.1 Å². The van der Waals surface area contributed by atoms with Crippen LogP contribution >= 0.6 is 39.3 Å². The zero-order chi connectivity index (χ0) is 13.8. The third kappa shape index (κ3) is 4.12. The van der Waals surface area contributed by atoms with E-state index < -0.39 is 4.92 Å². The maximum Gasteiger partial charge on any atom is 0.238 e. The molecule has 0 unspecified atom stereocenters. The highest BCUT2D eigenvalue weighted by Gasteiger charge is 2.09. The first-order valence-electron chi connectivity index (χ1n) is 5.09. The molecule has 7 heteroatoms. The lowest BCUT2D eigenvalue weighted by atomic mass is 10.4. The van der Waals surface area contributed by atoms with Crippen LogP contribution in [0.3, 0.4) is 0 Å². The molecule has 1 aromatic heterocycles. The first-order valence-corrected chi connectivity index (χ1v) is 7.08. The molecule has 2 rings (SSSR count). The molecule has 98 valence electrons. The molecule has 1 heterocycles. The van der Waals surface area contributed by atoms with Crippen LogP contribution in [0.2, 0.25) is 5.02 Å². The number of hydrogen-bond acceptors (Lipinski definition) is 4. The smallest absolute Gasteiger partial charge is 0.238 e. The van der Waals surface area contributed by atoms with E-state index in [0.717, 1.165) is 15.6 Å². The molecular formula is C12H7BrClNO3S. The molecule has 2 aromatic rings. The maximum absolute atomic E-state index is 10.2. The van der Waals surface area contributed by atoms with Crippen molar-refractivity contribution in [2.75, 3.05) is 0 Å². The molecule has 4 nitrogen and oxygen atoms in total. The number of nitro groups is 1. The zero-order valence-corrected chi connectivity index (χ0v) is 12.5. The summed E-state index contributed by atoms with van der Waals surface area (Å²) in [5.74, 6) is 0.417. The molecule has 0 bridgehead atoms. The minimum absolute atomic E-state index is 0.417. The summed E-state index contributed by atoms with van der Waals surface area (Å²) in [4.78, 5) is 10.7. The summed E-state index contributed by atoms with van der Waals surface area (Å²) in [7, 11) is 0. The Kier molecular flexibility index (Phi) is 4.68. The maximum atomic E-state index is 10.2. The lowest BCUT2D eigenvalue weighted by Gasteiger charge is -1.98. The minimum Gasteiger partial charge on any atom is -0.449 e. The van der Waals surface area contributed by atoms with Crippen LogP contribution in [0.5, 0.6) is 0 Å². The van der Waals surface area contributed by atoms with Crippen molar-refractivity contribution in [1.82, 2.24) is 0 Å². The van der Waals surface area contributed by atoms with Gasteiger partial charge in [-0.2, -0.15) is 0 Å². The Bertz CT molecular complexity index is 624. The normalized spacial score (nSPS) is 11.1. The predicted octanol–water partition coefficient (Wildman–Crippen LogP) is 5.09. The molecule has 0 saturated carbocycles. The van der Waals surface area contributed by atoms with E-state index in [0.29, 0.717) is 15.9 Å². The summed E-state index contributed by atoms with van der Waals surface area (Å²) in [5, 5.41) is 11.5. The van der Waals surface area contributed by atoms with Crippen molar-refractivity contribution in [3.8, 4) is 0 Å². The van der Waals surface area contributed by atoms with Crippen LogP contribution in [0.4, 0.5) is 0 Å². The van der Waals surface area contributed by atoms with E-state index in [-0.39, 0.29) is 0 Å². The van der Waals surface area contributed by atoms with Gasteiger partial charge in [-0.25, -0.2) is 0 Å². The fourth-order valence-corrected chi connectivity index (χ4v) is 2.72. The number of halogens is 2. The van der Waals surface area contributed by atoms with Crippen molar-refractivity contribution in [3.05, 3.63) is 61.9 Å². The highest BCUT2D eigenvalue weighted by Crippen LogP contribution is 2.36. The Balaban J connectivity index is 2.17. The second kappa shape index (κ2) is 6.27. The Morgan fingerprint density at radius 1 is 1.37 bits per heavy atom. The van der Waals surface area contributed by atoms with Crippen molar-refractivity contribution in [2.45, 2.75) is 9.99 Å². The molecule has 0 aliphatic heterocycles. The first-order chi connectivity index (χ1) is 9.04. The Morgan fingerprint density at radius 3 is 2.68 bits per heavy atom. The topological polar surface area (TPSA) is 56.3 Å². The average Bonchev–Trinajstić information content (AvgIpc) is 2.71. The van der Waals surface area contributed by atoms with E-state index in [1.165, 1.54) is 17.8 Å². The van der Waals surface area contributed by atoms with Gasteiger partial charge in [-0.1, -0.05) is 23.4 Å². The number of hydrogen-bond donors (Lipinski definition) is 0. The van der Waals surface area contributed by atoms with Gasteiger partial charge in [0.15, 0.2) is 5.09 Å². The van der Waals surface area contributed by atoms with Crippen molar-refractivity contribution < 1.29 is 9.34 Å². The molecule has 19 heavy (non-hydrogen) atoms. The predicted molar refractivity (Wildman–Crippen MR) is 78.0 cm³/mol. The van der Waals surface area contributed by atoms with Crippen LogP contribution in [0.15, 0.2) is 55.4 Å². The molecule has 0 N–H and O–H groups in total. The van der Waals surface area contributed by atoms with Gasteiger partial charge in [-0.15, -0.1) is 0 Å². The van der Waals surface area contributed by atoms with Gasteiger partial charge < -0.3 is 4.42 Å².